The summed E-state index contributed by atoms with van der Waals surface area (Å²) in [5.41, 5.74) is 0.703. The Balaban J connectivity index is 0. The predicted octanol–water partition coefficient (Wildman–Crippen LogP) is 1.36. The lowest BCUT2D eigenvalue weighted by Crippen LogP contribution is -2.17. The summed E-state index contributed by atoms with van der Waals surface area (Å²) in [5, 5.41) is 17.7. The molecule has 2 N–H and O–H groups in total. The van der Waals surface area contributed by atoms with E-state index in [9.17, 15) is 9.59 Å². The summed E-state index contributed by atoms with van der Waals surface area (Å²) < 4.78 is 9.24. The third kappa shape index (κ3) is 14.6. The van der Waals surface area contributed by atoms with Crippen LogP contribution in [0.4, 0.5) is 0 Å². The topological polar surface area (TPSA) is 93.1 Å². The first-order valence-electron chi connectivity index (χ1n) is 6.63. The Morgan fingerprint density at radius 2 is 1.38 bits per heavy atom. The number of aliphatic hydroxyl groups is 2. The molecule has 0 rings (SSSR count). The Bertz CT molecular complexity index is 359. The number of esters is 2. The largest absolute Gasteiger partial charge is 0.460 e. The molecule has 2 unspecified atom stereocenters. The van der Waals surface area contributed by atoms with E-state index in [-0.39, 0.29) is 13.2 Å². The van der Waals surface area contributed by atoms with Crippen molar-refractivity contribution < 1.29 is 29.3 Å². The lowest BCUT2D eigenvalue weighted by Gasteiger charge is -2.07. The average Bonchev–Trinajstić information content (AvgIpc) is 2.41. The molecule has 0 aromatic carbocycles. The number of carbonyl (C=O) groups is 2. The summed E-state index contributed by atoms with van der Waals surface area (Å²) in [6, 6.07) is 0. The lowest BCUT2D eigenvalue weighted by molar-refractivity contribution is -0.142. The number of carbonyl (C=O) groups excluding carboxylic acids is 2. The van der Waals surface area contributed by atoms with Crippen molar-refractivity contribution in [3.05, 3.63) is 24.3 Å². The molecule has 0 radical (unpaired) electrons. The molecular formula is C15H26O6. The molecule has 0 aliphatic rings. The predicted molar refractivity (Wildman–Crippen MR) is 79.5 cm³/mol. The summed E-state index contributed by atoms with van der Waals surface area (Å²) in [6.45, 7) is 13.4. The first-order chi connectivity index (χ1) is 9.61. The van der Waals surface area contributed by atoms with E-state index in [0.29, 0.717) is 17.6 Å². The molecule has 21 heavy (non-hydrogen) atoms. The van der Waals surface area contributed by atoms with E-state index in [1.54, 1.807) is 20.8 Å². The molecule has 0 fully saturated rings. The van der Waals surface area contributed by atoms with E-state index in [0.717, 1.165) is 0 Å². The SMILES string of the molecule is C=C(C)C(=O)OCC(C)O.C=C(C)C(=O)OCC(O)CC. The molecule has 0 saturated heterocycles. The molecule has 0 aliphatic carbocycles. The number of hydrogen-bond acceptors (Lipinski definition) is 6. The Morgan fingerprint density at radius 3 is 1.67 bits per heavy atom. The van der Waals surface area contributed by atoms with Gasteiger partial charge >= 0.3 is 11.9 Å². The van der Waals surface area contributed by atoms with E-state index in [4.69, 9.17) is 10.2 Å². The van der Waals surface area contributed by atoms with Crippen molar-refractivity contribution in [1.29, 1.82) is 0 Å². The lowest BCUT2D eigenvalue weighted by atomic mass is 10.3. The zero-order valence-electron chi connectivity index (χ0n) is 13.2. The van der Waals surface area contributed by atoms with Gasteiger partial charge in [0.25, 0.3) is 0 Å². The fourth-order valence-electron chi connectivity index (χ4n) is 0.732. The molecule has 0 heterocycles. The monoisotopic (exact) mass is 302 g/mol. The molecule has 0 bridgehead atoms. The second-order valence-corrected chi connectivity index (χ2v) is 4.67. The molecule has 0 aliphatic heterocycles. The quantitative estimate of drug-likeness (QED) is 0.545. The van der Waals surface area contributed by atoms with Crippen LogP contribution in [0, 0.1) is 0 Å². The molecule has 0 saturated carbocycles. The fraction of sp³-hybridized carbons (Fsp3) is 0.600. The third-order valence-electron chi connectivity index (χ3n) is 2.03. The molecule has 6 heteroatoms. The number of rotatable bonds is 7. The van der Waals surface area contributed by atoms with Gasteiger partial charge in [0.2, 0.25) is 0 Å². The van der Waals surface area contributed by atoms with Crippen molar-refractivity contribution in [1.82, 2.24) is 0 Å². The van der Waals surface area contributed by atoms with Gasteiger partial charge in [0.15, 0.2) is 0 Å². The Labute approximate surface area is 126 Å². The maximum atomic E-state index is 10.7. The smallest absolute Gasteiger partial charge is 0.333 e. The van der Waals surface area contributed by atoms with Gasteiger partial charge in [-0.15, -0.1) is 0 Å². The molecule has 0 aromatic heterocycles. The van der Waals surface area contributed by atoms with Gasteiger partial charge < -0.3 is 19.7 Å². The minimum absolute atomic E-state index is 0.0334. The standard InChI is InChI=1S/C8H14O3.C7H12O3/c1-4-7(9)5-11-8(10)6(2)3;1-5(2)7(9)10-4-6(3)8/h7,9H,2,4-5H2,1,3H3;6,8H,1,4H2,2-3H3. The van der Waals surface area contributed by atoms with Gasteiger partial charge in [-0.3, -0.25) is 0 Å². The zero-order valence-corrected chi connectivity index (χ0v) is 13.2. The highest BCUT2D eigenvalue weighted by molar-refractivity contribution is 5.87. The molecule has 2 atom stereocenters. The van der Waals surface area contributed by atoms with Gasteiger partial charge in [-0.2, -0.15) is 0 Å². The summed E-state index contributed by atoms with van der Waals surface area (Å²) >= 11 is 0. The highest BCUT2D eigenvalue weighted by Crippen LogP contribution is 1.96. The van der Waals surface area contributed by atoms with Crippen molar-refractivity contribution in [3.8, 4) is 0 Å². The molecule has 0 spiro atoms. The summed E-state index contributed by atoms with van der Waals surface area (Å²) in [4.78, 5) is 21.3. The maximum Gasteiger partial charge on any atom is 0.333 e. The Hall–Kier alpha value is -1.66. The normalized spacial score (nSPS) is 12.3. The summed E-state index contributed by atoms with van der Waals surface area (Å²) in [5.74, 6) is -0.904. The number of aliphatic hydroxyl groups excluding tert-OH is 2. The Morgan fingerprint density at radius 1 is 1.00 bits per heavy atom. The fourth-order valence-corrected chi connectivity index (χ4v) is 0.732. The highest BCUT2D eigenvalue weighted by Gasteiger charge is 2.06. The molecule has 0 aromatic rings. The molecule has 122 valence electrons. The van der Waals surface area contributed by atoms with Crippen LogP contribution in [0.1, 0.15) is 34.1 Å². The molecule has 6 nitrogen and oxygen atoms in total. The van der Waals surface area contributed by atoms with Gasteiger partial charge in [0.1, 0.15) is 13.2 Å². The van der Waals surface area contributed by atoms with Crippen LogP contribution in [0.25, 0.3) is 0 Å². The van der Waals surface area contributed by atoms with Crippen molar-refractivity contribution in [2.75, 3.05) is 13.2 Å². The number of hydrogen-bond donors (Lipinski definition) is 2. The van der Waals surface area contributed by atoms with Crippen LogP contribution in [0.2, 0.25) is 0 Å². The van der Waals surface area contributed by atoms with Gasteiger partial charge in [-0.05, 0) is 27.2 Å². The van der Waals surface area contributed by atoms with E-state index in [2.05, 4.69) is 22.6 Å². The van der Waals surface area contributed by atoms with Gasteiger partial charge in [-0.1, -0.05) is 20.1 Å². The van der Waals surface area contributed by atoms with E-state index >= 15 is 0 Å². The van der Waals surface area contributed by atoms with Crippen LogP contribution in [0.3, 0.4) is 0 Å². The van der Waals surface area contributed by atoms with Gasteiger partial charge in [-0.25, -0.2) is 9.59 Å². The number of ether oxygens (including phenoxy) is 2. The van der Waals surface area contributed by atoms with Crippen molar-refractivity contribution in [2.24, 2.45) is 0 Å². The van der Waals surface area contributed by atoms with Crippen LogP contribution in [0.15, 0.2) is 24.3 Å². The second-order valence-electron chi connectivity index (χ2n) is 4.67. The van der Waals surface area contributed by atoms with Crippen molar-refractivity contribution in [2.45, 2.75) is 46.3 Å². The van der Waals surface area contributed by atoms with Crippen molar-refractivity contribution >= 4 is 11.9 Å². The van der Waals surface area contributed by atoms with Crippen LogP contribution >= 0.6 is 0 Å². The van der Waals surface area contributed by atoms with Crippen LogP contribution in [-0.4, -0.2) is 47.6 Å². The maximum absolute atomic E-state index is 10.7. The van der Waals surface area contributed by atoms with Crippen LogP contribution in [0.5, 0.6) is 0 Å². The van der Waals surface area contributed by atoms with E-state index in [1.807, 2.05) is 6.92 Å². The first-order valence-corrected chi connectivity index (χ1v) is 6.63. The summed E-state index contributed by atoms with van der Waals surface area (Å²) in [7, 11) is 0. The van der Waals surface area contributed by atoms with E-state index in [1.165, 1.54) is 0 Å². The minimum Gasteiger partial charge on any atom is -0.460 e. The van der Waals surface area contributed by atoms with Crippen LogP contribution in [-0.2, 0) is 19.1 Å². The molecule has 0 amide bonds. The van der Waals surface area contributed by atoms with Gasteiger partial charge in [0.05, 0.1) is 12.2 Å². The minimum atomic E-state index is -0.608. The zero-order chi connectivity index (χ0) is 17.0. The highest BCUT2D eigenvalue weighted by atomic mass is 16.5. The van der Waals surface area contributed by atoms with Crippen LogP contribution < -0.4 is 0 Å². The molecular weight excluding hydrogens is 276 g/mol. The first kappa shape index (κ1) is 21.6. The van der Waals surface area contributed by atoms with Crippen molar-refractivity contribution in [3.63, 3.8) is 0 Å². The Kier molecular flexibility index (Phi) is 12.5. The van der Waals surface area contributed by atoms with Gasteiger partial charge in [0, 0.05) is 11.1 Å². The average molecular weight is 302 g/mol. The summed E-state index contributed by atoms with van der Waals surface area (Å²) in [6.07, 6.45) is -0.578. The third-order valence-corrected chi connectivity index (χ3v) is 2.03. The second kappa shape index (κ2) is 12.1. The van der Waals surface area contributed by atoms with E-state index < -0.39 is 24.1 Å².